The predicted molar refractivity (Wildman–Crippen MR) is 272 cm³/mol. The molecular weight excluding hydrogens is 998 g/mol. The maximum Gasteiger partial charge on any atom is 0.125 e. The van der Waals surface area contributed by atoms with Crippen molar-refractivity contribution in [3.8, 4) is 89.8 Å². The third-order valence-electron chi connectivity index (χ3n) is 12.6. The molecular formula is C62H40N3OPt-. The summed E-state index contributed by atoms with van der Waals surface area (Å²) >= 11 is 0. The van der Waals surface area contributed by atoms with Gasteiger partial charge >= 0.3 is 0 Å². The van der Waals surface area contributed by atoms with Gasteiger partial charge in [0.2, 0.25) is 0 Å². The van der Waals surface area contributed by atoms with Crippen molar-refractivity contribution < 1.29 is 26.2 Å². The first-order valence-electron chi connectivity index (χ1n) is 22.2. The van der Waals surface area contributed by atoms with Crippen LogP contribution in [0.5, 0.6) is 5.75 Å². The number of imidazole rings is 1. The van der Waals surface area contributed by atoms with Crippen LogP contribution >= 0.6 is 0 Å². The number of benzene rings is 10. The van der Waals surface area contributed by atoms with Crippen LogP contribution in [0.4, 0.5) is 0 Å². The molecule has 4 nitrogen and oxygen atoms in total. The van der Waals surface area contributed by atoms with Crippen LogP contribution < -0.4 is 0 Å². The van der Waals surface area contributed by atoms with Crippen molar-refractivity contribution in [2.75, 3.05) is 0 Å². The van der Waals surface area contributed by atoms with Crippen LogP contribution in [0.3, 0.4) is 0 Å². The van der Waals surface area contributed by atoms with Gasteiger partial charge in [-0.1, -0.05) is 217 Å². The summed E-state index contributed by atoms with van der Waals surface area (Å²) in [5.41, 5.74) is 15.1. The van der Waals surface area contributed by atoms with Crippen LogP contribution in [0.15, 0.2) is 237 Å². The smallest absolute Gasteiger partial charge is 0.125 e. The molecule has 0 aliphatic heterocycles. The number of phenols is 1. The third-order valence-corrected chi connectivity index (χ3v) is 12.6. The Labute approximate surface area is 403 Å². The Morgan fingerprint density at radius 3 is 1.48 bits per heavy atom. The monoisotopic (exact) mass is 1040 g/mol. The largest absolute Gasteiger partial charge is 0.507 e. The Morgan fingerprint density at radius 1 is 0.388 bits per heavy atom. The minimum absolute atomic E-state index is 0. The van der Waals surface area contributed by atoms with Crippen LogP contribution in [0.1, 0.15) is 0 Å². The van der Waals surface area contributed by atoms with Gasteiger partial charge in [-0.05, 0) is 56.5 Å². The zero-order valence-electron chi connectivity index (χ0n) is 36.1. The Bertz CT molecular complexity index is 3640. The van der Waals surface area contributed by atoms with Gasteiger partial charge in [0.1, 0.15) is 17.3 Å². The first-order chi connectivity index (χ1) is 32.7. The van der Waals surface area contributed by atoms with Crippen molar-refractivity contribution in [1.82, 2.24) is 14.5 Å². The zero-order chi connectivity index (χ0) is 44.0. The first-order valence-corrected chi connectivity index (χ1v) is 22.2. The molecule has 1 N–H and O–H groups in total. The van der Waals surface area contributed by atoms with E-state index in [4.69, 9.17) is 9.97 Å². The number of phenolic OH excluding ortho intramolecular Hbond substituents is 1. The molecule has 2 aromatic heterocycles. The molecule has 5 heteroatoms. The Kier molecular flexibility index (Phi) is 10.9. The Hall–Kier alpha value is -8.17. The van der Waals surface area contributed by atoms with E-state index in [9.17, 15) is 5.11 Å². The van der Waals surface area contributed by atoms with E-state index in [0.29, 0.717) is 11.4 Å². The van der Waals surface area contributed by atoms with Gasteiger partial charge in [-0.2, -0.15) is 0 Å². The maximum absolute atomic E-state index is 11.2. The fraction of sp³-hybridized carbons (Fsp3) is 0. The summed E-state index contributed by atoms with van der Waals surface area (Å²) in [6.45, 7) is 0. The number of nitrogens with zero attached hydrogens (tertiary/aromatic N) is 3. The predicted octanol–water partition coefficient (Wildman–Crippen LogP) is 15.9. The Balaban J connectivity index is 0.00000494. The number of aromatic hydroxyl groups is 1. The standard InChI is InChI=1S/C62H40N3O.Pt/c66-57-32-14-26-46-34-35-47-37-38-55(63-60(47)59(46)57)56-40-65(61-51(43-21-9-3-10-22-43)29-16-30-52(61)44-23-11-4-12-24-44)62(64-56)53-31-13-25-45-33-36-48(39-54(45)53)58-49(41-17-5-1-6-18-41)27-15-28-50(58)42-19-7-2-8-20-42;/h1-38,40,66H;/q-1;. The molecule has 0 fully saturated rings. The Morgan fingerprint density at radius 2 is 0.866 bits per heavy atom. The molecule has 12 rings (SSSR count). The molecule has 0 aliphatic carbocycles. The summed E-state index contributed by atoms with van der Waals surface area (Å²) in [4.78, 5) is 10.9. The van der Waals surface area contributed by atoms with Crippen LogP contribution in [-0.4, -0.2) is 19.6 Å². The second kappa shape index (κ2) is 17.7. The van der Waals surface area contributed by atoms with Crippen LogP contribution in [0.2, 0.25) is 0 Å². The van der Waals surface area contributed by atoms with Gasteiger partial charge in [-0.3, -0.25) is 0 Å². The SMILES string of the molecule is Oc1cccc2ccc3ccc(-c4cn(-c5c(-c6ccccc6)cccc5-c5ccccc5)c(-c5cccc6ccc(-c7c(-c8ccccc8)cccc7-c7ccccc7)[c-]c56)n4)nc3c12.[Pt]. The van der Waals surface area contributed by atoms with E-state index in [1.807, 2.05) is 24.3 Å². The second-order valence-corrected chi connectivity index (χ2v) is 16.6. The number of rotatable bonds is 8. The summed E-state index contributed by atoms with van der Waals surface area (Å²) in [7, 11) is 0. The van der Waals surface area contributed by atoms with E-state index in [-0.39, 0.29) is 26.8 Å². The number of aromatic nitrogens is 3. The quantitative estimate of drug-likeness (QED) is 0.122. The van der Waals surface area contributed by atoms with Crippen molar-refractivity contribution in [3.05, 3.63) is 243 Å². The van der Waals surface area contributed by atoms with E-state index in [1.54, 1.807) is 6.07 Å². The first kappa shape index (κ1) is 41.5. The molecule has 10 aromatic carbocycles. The summed E-state index contributed by atoms with van der Waals surface area (Å²) in [6.07, 6.45) is 2.13. The van der Waals surface area contributed by atoms with Gasteiger partial charge in [0, 0.05) is 49.2 Å². The zero-order valence-corrected chi connectivity index (χ0v) is 38.4. The molecule has 0 amide bonds. The van der Waals surface area contributed by atoms with E-state index < -0.39 is 0 Å². The normalized spacial score (nSPS) is 11.2. The topological polar surface area (TPSA) is 50.9 Å². The minimum Gasteiger partial charge on any atom is -0.507 e. The number of pyridine rings is 1. The van der Waals surface area contributed by atoms with Crippen LogP contribution in [-0.2, 0) is 21.1 Å². The van der Waals surface area contributed by atoms with Crippen molar-refractivity contribution in [1.29, 1.82) is 0 Å². The van der Waals surface area contributed by atoms with Crippen molar-refractivity contribution in [2.45, 2.75) is 0 Å². The van der Waals surface area contributed by atoms with Gasteiger partial charge in [0.15, 0.2) is 0 Å². The fourth-order valence-electron chi connectivity index (χ4n) is 9.54. The summed E-state index contributed by atoms with van der Waals surface area (Å²) in [5, 5.41) is 15.8. The van der Waals surface area contributed by atoms with Gasteiger partial charge in [0.25, 0.3) is 0 Å². The molecule has 0 bridgehead atoms. The molecule has 0 spiro atoms. The molecule has 67 heavy (non-hydrogen) atoms. The van der Waals surface area contributed by atoms with Gasteiger partial charge in [-0.15, -0.1) is 29.1 Å². The summed E-state index contributed by atoms with van der Waals surface area (Å²) < 4.78 is 2.26. The van der Waals surface area contributed by atoms with Gasteiger partial charge < -0.3 is 9.67 Å². The molecule has 0 aliphatic rings. The van der Waals surface area contributed by atoms with E-state index in [0.717, 1.165) is 105 Å². The van der Waals surface area contributed by atoms with Crippen molar-refractivity contribution in [3.63, 3.8) is 0 Å². The summed E-state index contributed by atoms with van der Waals surface area (Å²) in [6, 6.07) is 84.1. The molecule has 0 saturated carbocycles. The van der Waals surface area contributed by atoms with Gasteiger partial charge in [-0.25, -0.2) is 9.97 Å². The van der Waals surface area contributed by atoms with Crippen LogP contribution in [0.25, 0.3) is 117 Å². The minimum atomic E-state index is 0. The second-order valence-electron chi connectivity index (χ2n) is 16.6. The van der Waals surface area contributed by atoms with Crippen molar-refractivity contribution in [2.24, 2.45) is 0 Å². The molecule has 0 saturated heterocycles. The molecule has 0 radical (unpaired) electrons. The van der Waals surface area contributed by atoms with E-state index in [2.05, 4.69) is 217 Å². The summed E-state index contributed by atoms with van der Waals surface area (Å²) in [5.74, 6) is 0.955. The van der Waals surface area contributed by atoms with E-state index >= 15 is 0 Å². The molecule has 0 atom stereocenters. The average Bonchev–Trinajstić information content (AvgIpc) is 3.83. The number of hydrogen-bond acceptors (Lipinski definition) is 3. The van der Waals surface area contributed by atoms with Crippen molar-refractivity contribution >= 4 is 32.4 Å². The average molecular weight is 1040 g/mol. The number of hydrogen-bond donors (Lipinski definition) is 1. The molecule has 2 heterocycles. The third kappa shape index (κ3) is 7.52. The fourth-order valence-corrected chi connectivity index (χ4v) is 9.54. The molecule has 320 valence electrons. The van der Waals surface area contributed by atoms with E-state index in [1.165, 1.54) is 0 Å². The maximum atomic E-state index is 11.2. The van der Waals surface area contributed by atoms with Crippen LogP contribution in [0, 0.1) is 6.07 Å². The van der Waals surface area contributed by atoms with Gasteiger partial charge in [0.05, 0.1) is 16.9 Å². The molecule has 0 unspecified atom stereocenters. The number of fused-ring (bicyclic) bond motifs is 4. The molecule has 12 aromatic rings. The number of para-hydroxylation sites is 1.